The monoisotopic (exact) mass is 629 g/mol. The fraction of sp³-hybridized carbons (Fsp3) is 0.515. The van der Waals surface area contributed by atoms with E-state index in [1.807, 2.05) is 55.9 Å². The second-order valence-electron chi connectivity index (χ2n) is 13.2. The molecule has 4 aromatic rings. The van der Waals surface area contributed by atoms with Gasteiger partial charge in [0.1, 0.15) is 24.1 Å². The van der Waals surface area contributed by atoms with Crippen molar-refractivity contribution in [1.82, 2.24) is 34.2 Å². The molecule has 1 amide bonds. The van der Waals surface area contributed by atoms with E-state index in [1.54, 1.807) is 22.8 Å². The highest BCUT2D eigenvalue weighted by Gasteiger charge is 2.43. The normalized spacial score (nSPS) is 20.0. The van der Waals surface area contributed by atoms with Crippen molar-refractivity contribution < 1.29 is 13.9 Å². The number of aromatic nitrogens is 6. The Labute approximate surface area is 266 Å². The molecule has 0 saturated carbocycles. The molecule has 3 aliphatic heterocycles. The molecule has 46 heavy (non-hydrogen) atoms. The van der Waals surface area contributed by atoms with Gasteiger partial charge in [0.05, 0.1) is 40.4 Å². The van der Waals surface area contributed by atoms with E-state index < -0.39 is 11.6 Å². The van der Waals surface area contributed by atoms with Crippen molar-refractivity contribution in [2.75, 3.05) is 56.2 Å². The van der Waals surface area contributed by atoms with Crippen molar-refractivity contribution in [1.29, 1.82) is 0 Å². The van der Waals surface area contributed by atoms with E-state index in [-0.39, 0.29) is 17.6 Å². The minimum atomic E-state index is -0.733. The molecule has 6 heterocycles. The average molecular weight is 630 g/mol. The molecule has 2 saturated heterocycles. The lowest BCUT2D eigenvalue weighted by atomic mass is 9.90. The fourth-order valence-corrected chi connectivity index (χ4v) is 6.88. The van der Waals surface area contributed by atoms with Gasteiger partial charge in [0, 0.05) is 78.1 Å². The van der Waals surface area contributed by atoms with Crippen LogP contribution in [0.4, 0.5) is 15.8 Å². The summed E-state index contributed by atoms with van der Waals surface area (Å²) in [4.78, 5) is 42.6. The number of nitrogens with zero attached hydrogens (tertiary/aromatic N) is 9. The molecule has 13 heteroatoms. The van der Waals surface area contributed by atoms with E-state index in [0.717, 1.165) is 35.0 Å². The standard InChI is InChI=1S/C33H40FN9O3/c1-33(2)30-27(40(4)32(33)45)13-21(15-35-30)9-10-43-28(7-8-29-38-36-20-39(29)3)37-26-14-23(5-6-25(26)31(43)44)42-11-12-46-24(19-42)18-41-16-22(34)17-41/h5-6,13-15,20,22,24H,7-12,16-19H2,1-4H3/t24-/m0/s1. The summed E-state index contributed by atoms with van der Waals surface area (Å²) in [6, 6.07) is 7.86. The van der Waals surface area contributed by atoms with Crippen LogP contribution in [0.5, 0.6) is 0 Å². The van der Waals surface area contributed by atoms with Gasteiger partial charge in [-0.2, -0.15) is 0 Å². The van der Waals surface area contributed by atoms with Crippen LogP contribution in [0, 0.1) is 0 Å². The topological polar surface area (TPSA) is 115 Å². The van der Waals surface area contributed by atoms with E-state index in [4.69, 9.17) is 9.72 Å². The number of rotatable bonds is 9. The summed E-state index contributed by atoms with van der Waals surface area (Å²) in [6.07, 6.45) is 4.39. The number of fused-ring (bicyclic) bond motifs is 2. The van der Waals surface area contributed by atoms with Gasteiger partial charge in [0.15, 0.2) is 0 Å². The summed E-state index contributed by atoms with van der Waals surface area (Å²) in [6.45, 7) is 7.88. The maximum Gasteiger partial charge on any atom is 0.261 e. The number of hydrogen-bond donors (Lipinski definition) is 0. The number of benzene rings is 1. The van der Waals surface area contributed by atoms with Crippen LogP contribution in [0.2, 0.25) is 0 Å². The van der Waals surface area contributed by atoms with Gasteiger partial charge in [-0.25, -0.2) is 9.37 Å². The summed E-state index contributed by atoms with van der Waals surface area (Å²) in [5.74, 6) is 1.51. The lowest BCUT2D eigenvalue weighted by Crippen LogP contribution is -2.55. The highest BCUT2D eigenvalue weighted by Crippen LogP contribution is 2.39. The van der Waals surface area contributed by atoms with Gasteiger partial charge in [-0.05, 0) is 50.1 Å². The molecular weight excluding hydrogens is 589 g/mol. The molecule has 3 aliphatic rings. The minimum absolute atomic E-state index is 0.00227. The Morgan fingerprint density at radius 1 is 1.04 bits per heavy atom. The van der Waals surface area contributed by atoms with Crippen LogP contribution < -0.4 is 15.4 Å². The average Bonchev–Trinajstić information content (AvgIpc) is 3.52. The zero-order valence-corrected chi connectivity index (χ0v) is 26.8. The smallest absolute Gasteiger partial charge is 0.261 e. The first-order chi connectivity index (χ1) is 22.1. The quantitative estimate of drug-likeness (QED) is 0.275. The molecule has 7 rings (SSSR count). The molecule has 0 radical (unpaired) electrons. The number of hydrogen-bond acceptors (Lipinski definition) is 9. The highest BCUT2D eigenvalue weighted by atomic mass is 19.1. The number of likely N-dealkylation sites (tertiary alicyclic amines) is 1. The van der Waals surface area contributed by atoms with Gasteiger partial charge in [-0.15, -0.1) is 10.2 Å². The number of likely N-dealkylation sites (N-methyl/N-ethyl adjacent to an activating group) is 1. The first-order valence-electron chi connectivity index (χ1n) is 16.0. The number of carbonyl (C=O) groups is 1. The van der Waals surface area contributed by atoms with Crippen LogP contribution in [0.3, 0.4) is 0 Å². The summed E-state index contributed by atoms with van der Waals surface area (Å²) in [5.41, 5.74) is 3.41. The molecule has 0 unspecified atom stereocenters. The number of alkyl halides is 1. The molecule has 0 bridgehead atoms. The molecule has 0 N–H and O–H groups in total. The predicted octanol–water partition coefficient (Wildman–Crippen LogP) is 2.06. The van der Waals surface area contributed by atoms with E-state index in [0.29, 0.717) is 75.3 Å². The molecule has 1 atom stereocenters. The van der Waals surface area contributed by atoms with E-state index in [9.17, 15) is 14.0 Å². The summed E-state index contributed by atoms with van der Waals surface area (Å²) < 4.78 is 23.0. The molecule has 12 nitrogen and oxygen atoms in total. The van der Waals surface area contributed by atoms with Crippen LogP contribution in [0.15, 0.2) is 41.6 Å². The largest absolute Gasteiger partial charge is 0.373 e. The second-order valence-corrected chi connectivity index (χ2v) is 13.2. The molecule has 0 aliphatic carbocycles. The second kappa shape index (κ2) is 11.8. The Kier molecular flexibility index (Phi) is 7.84. The number of aryl methyl sites for hydroxylation is 4. The Morgan fingerprint density at radius 2 is 1.85 bits per heavy atom. The van der Waals surface area contributed by atoms with Crippen LogP contribution in [-0.4, -0.2) is 98.8 Å². The van der Waals surface area contributed by atoms with Crippen LogP contribution in [0.1, 0.15) is 36.8 Å². The first kappa shape index (κ1) is 30.4. The molecular formula is C33H40FN9O3. The van der Waals surface area contributed by atoms with Crippen molar-refractivity contribution in [3.8, 4) is 0 Å². The lowest BCUT2D eigenvalue weighted by molar-refractivity contribution is -0.121. The molecule has 2 fully saturated rings. The molecule has 1 aromatic carbocycles. The Morgan fingerprint density at radius 3 is 2.61 bits per heavy atom. The molecule has 3 aromatic heterocycles. The van der Waals surface area contributed by atoms with Crippen LogP contribution in [-0.2, 0) is 47.8 Å². The number of amides is 1. The number of ether oxygens (including phenoxy) is 1. The zero-order valence-electron chi connectivity index (χ0n) is 26.8. The third-order valence-corrected chi connectivity index (χ3v) is 9.61. The summed E-state index contributed by atoms with van der Waals surface area (Å²) in [5, 5.41) is 8.79. The van der Waals surface area contributed by atoms with Gasteiger partial charge >= 0.3 is 0 Å². The van der Waals surface area contributed by atoms with Gasteiger partial charge in [-0.1, -0.05) is 0 Å². The summed E-state index contributed by atoms with van der Waals surface area (Å²) >= 11 is 0. The predicted molar refractivity (Wildman–Crippen MR) is 172 cm³/mol. The molecule has 242 valence electrons. The van der Waals surface area contributed by atoms with Gasteiger partial charge in [0.2, 0.25) is 5.91 Å². The number of halogens is 1. The number of pyridine rings is 1. The van der Waals surface area contributed by atoms with Gasteiger partial charge in [0.25, 0.3) is 5.56 Å². The van der Waals surface area contributed by atoms with Crippen LogP contribution in [0.25, 0.3) is 10.9 Å². The van der Waals surface area contributed by atoms with Crippen molar-refractivity contribution in [3.63, 3.8) is 0 Å². The van der Waals surface area contributed by atoms with E-state index >= 15 is 0 Å². The zero-order chi connectivity index (χ0) is 32.2. The van der Waals surface area contributed by atoms with Gasteiger partial charge < -0.3 is 19.1 Å². The number of morpholine rings is 1. The fourth-order valence-electron chi connectivity index (χ4n) is 6.88. The Hall–Kier alpha value is -4.23. The molecule has 0 spiro atoms. The van der Waals surface area contributed by atoms with Crippen molar-refractivity contribution in [3.05, 3.63) is 70.0 Å². The maximum atomic E-state index is 14.0. The summed E-state index contributed by atoms with van der Waals surface area (Å²) in [7, 11) is 3.68. The van der Waals surface area contributed by atoms with Crippen molar-refractivity contribution in [2.45, 2.75) is 57.3 Å². The Balaban J connectivity index is 1.16. The third kappa shape index (κ3) is 5.55. The maximum absolute atomic E-state index is 14.0. The van der Waals surface area contributed by atoms with Crippen molar-refractivity contribution in [2.24, 2.45) is 7.05 Å². The SMILES string of the molecule is CN1C(=O)C(C)(C)c2ncc(CCn3c(CCc4nncn4C)nc4cc(N5CCO[C@@H](CN6CC(F)C6)C5)ccc4c3=O)cc21. The van der Waals surface area contributed by atoms with Crippen LogP contribution >= 0.6 is 0 Å². The van der Waals surface area contributed by atoms with Crippen molar-refractivity contribution >= 4 is 28.2 Å². The Bertz CT molecular complexity index is 1850. The van der Waals surface area contributed by atoms with Gasteiger partial charge in [-0.3, -0.25) is 24.0 Å². The highest BCUT2D eigenvalue weighted by molar-refractivity contribution is 6.06. The number of anilines is 2. The first-order valence-corrected chi connectivity index (χ1v) is 16.0. The minimum Gasteiger partial charge on any atom is -0.373 e. The number of carbonyl (C=O) groups excluding carboxylic acids is 1. The van der Waals surface area contributed by atoms with E-state index in [2.05, 4.69) is 25.0 Å². The third-order valence-electron chi connectivity index (χ3n) is 9.61. The van der Waals surface area contributed by atoms with E-state index in [1.165, 1.54) is 0 Å². The lowest BCUT2D eigenvalue weighted by Gasteiger charge is -2.40.